The second-order valence-electron chi connectivity index (χ2n) is 5.23. The Kier molecular flexibility index (Phi) is 4.93. The van der Waals surface area contributed by atoms with E-state index in [-0.39, 0.29) is 10.6 Å². The van der Waals surface area contributed by atoms with Crippen LogP contribution in [-0.4, -0.2) is 13.3 Å². The Morgan fingerprint density at radius 1 is 0.960 bits per heavy atom. The van der Waals surface area contributed by atoms with Gasteiger partial charge in [0.25, 0.3) is 5.69 Å². The zero-order chi connectivity index (χ0) is 17.9. The van der Waals surface area contributed by atoms with Crippen LogP contribution in [0.15, 0.2) is 77.0 Å². The van der Waals surface area contributed by atoms with Gasteiger partial charge in [0.2, 0.25) is 10.0 Å². The molecule has 0 radical (unpaired) electrons. The molecule has 25 heavy (non-hydrogen) atoms. The normalized spacial score (nSPS) is 12.6. The Balaban J connectivity index is 1.94. The zero-order valence-corrected chi connectivity index (χ0v) is 14.5. The molecule has 1 aromatic heterocycles. The predicted molar refractivity (Wildman–Crippen MR) is 96.0 cm³/mol. The monoisotopic (exact) mass is 374 g/mol. The van der Waals surface area contributed by atoms with Gasteiger partial charge in [-0.3, -0.25) is 10.1 Å². The van der Waals surface area contributed by atoms with Crippen LogP contribution in [-0.2, 0) is 10.0 Å². The summed E-state index contributed by atoms with van der Waals surface area (Å²) in [5.74, 6) is 0. The highest BCUT2D eigenvalue weighted by Crippen LogP contribution is 2.28. The maximum atomic E-state index is 12.7. The molecule has 1 heterocycles. The first kappa shape index (κ1) is 17.3. The molecule has 0 bridgehead atoms. The minimum absolute atomic E-state index is 0.0180. The minimum atomic E-state index is -3.84. The molecule has 0 saturated carbocycles. The number of hydrogen-bond donors (Lipinski definition) is 1. The van der Waals surface area contributed by atoms with E-state index < -0.39 is 21.0 Å². The molecule has 8 heteroatoms. The van der Waals surface area contributed by atoms with Crippen molar-refractivity contribution in [2.45, 2.75) is 10.9 Å². The molecular formula is C17H14N2O4S2. The van der Waals surface area contributed by atoms with E-state index in [1.807, 2.05) is 47.8 Å². The van der Waals surface area contributed by atoms with E-state index in [2.05, 4.69) is 4.72 Å². The zero-order valence-electron chi connectivity index (χ0n) is 12.9. The quantitative estimate of drug-likeness (QED) is 0.526. The fourth-order valence-electron chi connectivity index (χ4n) is 2.36. The lowest BCUT2D eigenvalue weighted by Gasteiger charge is -2.18. The van der Waals surface area contributed by atoms with Gasteiger partial charge in [0.05, 0.1) is 15.9 Å². The molecule has 0 aliphatic carbocycles. The van der Waals surface area contributed by atoms with Gasteiger partial charge in [0.15, 0.2) is 0 Å². The molecule has 0 fully saturated rings. The topological polar surface area (TPSA) is 89.3 Å². The first-order chi connectivity index (χ1) is 12.0. The number of rotatable bonds is 6. The van der Waals surface area contributed by atoms with Crippen LogP contribution in [0, 0.1) is 10.1 Å². The number of non-ortho nitro benzene ring substituents is 1. The molecule has 0 amide bonds. The molecule has 128 valence electrons. The maximum Gasteiger partial charge on any atom is 0.269 e. The first-order valence-electron chi connectivity index (χ1n) is 7.32. The van der Waals surface area contributed by atoms with Crippen molar-refractivity contribution in [3.63, 3.8) is 0 Å². The van der Waals surface area contributed by atoms with Gasteiger partial charge in [-0.05, 0) is 29.1 Å². The Bertz CT molecular complexity index is 954. The standard InChI is InChI=1S/C17H14N2O4S2/c20-19(21)14-8-10-15(11-9-14)25(22,23)18-17(16-7-4-12-24-16)13-5-2-1-3-6-13/h1-12,17-18H/t17-/m1/s1. The third-order valence-corrected chi connectivity index (χ3v) is 5.97. The van der Waals surface area contributed by atoms with Gasteiger partial charge in [-0.1, -0.05) is 36.4 Å². The average Bonchev–Trinajstić information content (AvgIpc) is 3.15. The number of benzene rings is 2. The number of nitrogens with one attached hydrogen (secondary N) is 1. The Hall–Kier alpha value is -2.55. The predicted octanol–water partition coefficient (Wildman–Crippen LogP) is 3.72. The van der Waals surface area contributed by atoms with Gasteiger partial charge in [0, 0.05) is 17.0 Å². The summed E-state index contributed by atoms with van der Waals surface area (Å²) in [5, 5.41) is 12.6. The van der Waals surface area contributed by atoms with Crippen molar-refractivity contribution in [2.24, 2.45) is 0 Å². The van der Waals surface area contributed by atoms with E-state index in [4.69, 9.17) is 0 Å². The summed E-state index contributed by atoms with van der Waals surface area (Å²) < 4.78 is 28.1. The van der Waals surface area contributed by atoms with Crippen LogP contribution in [0.25, 0.3) is 0 Å². The lowest BCUT2D eigenvalue weighted by Crippen LogP contribution is -2.29. The van der Waals surface area contributed by atoms with Gasteiger partial charge < -0.3 is 0 Å². The van der Waals surface area contributed by atoms with Crippen molar-refractivity contribution >= 4 is 27.0 Å². The van der Waals surface area contributed by atoms with Gasteiger partial charge in [-0.15, -0.1) is 11.3 Å². The van der Waals surface area contributed by atoms with Crippen LogP contribution >= 0.6 is 11.3 Å². The molecule has 3 aromatic rings. The van der Waals surface area contributed by atoms with Gasteiger partial charge >= 0.3 is 0 Å². The lowest BCUT2D eigenvalue weighted by molar-refractivity contribution is -0.384. The maximum absolute atomic E-state index is 12.7. The summed E-state index contributed by atoms with van der Waals surface area (Å²) in [5.41, 5.74) is 0.659. The van der Waals surface area contributed by atoms with E-state index in [9.17, 15) is 18.5 Å². The fourth-order valence-corrected chi connectivity index (χ4v) is 4.44. The van der Waals surface area contributed by atoms with Crippen molar-refractivity contribution < 1.29 is 13.3 Å². The third-order valence-electron chi connectivity index (χ3n) is 3.59. The molecule has 3 rings (SSSR count). The molecule has 6 nitrogen and oxygen atoms in total. The molecule has 0 saturated heterocycles. The second kappa shape index (κ2) is 7.14. The summed E-state index contributed by atoms with van der Waals surface area (Å²) in [6, 6.07) is 17.3. The van der Waals surface area contributed by atoms with Crippen LogP contribution in [0.1, 0.15) is 16.5 Å². The van der Waals surface area contributed by atoms with Crippen LogP contribution in [0.5, 0.6) is 0 Å². The largest absolute Gasteiger partial charge is 0.269 e. The Labute approximate surface area is 149 Å². The molecule has 0 spiro atoms. The molecule has 0 unspecified atom stereocenters. The summed E-state index contributed by atoms with van der Waals surface area (Å²) in [6.45, 7) is 0. The van der Waals surface area contributed by atoms with E-state index in [1.54, 1.807) is 0 Å². The van der Waals surface area contributed by atoms with Gasteiger partial charge in [-0.2, -0.15) is 4.72 Å². The summed E-state index contributed by atoms with van der Waals surface area (Å²) in [7, 11) is -3.84. The average molecular weight is 374 g/mol. The number of thiophene rings is 1. The molecule has 0 aliphatic rings. The highest BCUT2D eigenvalue weighted by atomic mass is 32.2. The molecule has 1 N–H and O–H groups in total. The van der Waals surface area contributed by atoms with Gasteiger partial charge in [0.1, 0.15) is 0 Å². The Morgan fingerprint density at radius 3 is 2.20 bits per heavy atom. The van der Waals surface area contributed by atoms with E-state index in [0.29, 0.717) is 0 Å². The molecule has 0 aliphatic heterocycles. The van der Waals surface area contributed by atoms with Gasteiger partial charge in [-0.25, -0.2) is 8.42 Å². The van der Waals surface area contributed by atoms with Crippen molar-refractivity contribution in [1.29, 1.82) is 0 Å². The smallest absolute Gasteiger partial charge is 0.258 e. The summed E-state index contributed by atoms with van der Waals surface area (Å²) in [4.78, 5) is 11.0. The van der Waals surface area contributed by atoms with Crippen molar-refractivity contribution in [3.05, 3.63) is 92.7 Å². The highest BCUT2D eigenvalue weighted by molar-refractivity contribution is 7.89. The number of hydrogen-bond acceptors (Lipinski definition) is 5. The first-order valence-corrected chi connectivity index (χ1v) is 9.69. The van der Waals surface area contributed by atoms with Crippen LogP contribution in [0.4, 0.5) is 5.69 Å². The minimum Gasteiger partial charge on any atom is -0.258 e. The fraction of sp³-hybridized carbons (Fsp3) is 0.0588. The Morgan fingerprint density at radius 2 is 1.64 bits per heavy atom. The van der Waals surface area contributed by atoms with E-state index in [1.165, 1.54) is 35.6 Å². The number of nitrogens with zero attached hydrogens (tertiary/aromatic N) is 1. The summed E-state index contributed by atoms with van der Waals surface area (Å²) in [6.07, 6.45) is 0. The molecule has 2 aromatic carbocycles. The van der Waals surface area contributed by atoms with Crippen LogP contribution in [0.3, 0.4) is 0 Å². The number of sulfonamides is 1. The van der Waals surface area contributed by atoms with Crippen LogP contribution < -0.4 is 4.72 Å². The van der Waals surface area contributed by atoms with E-state index >= 15 is 0 Å². The number of nitro benzene ring substituents is 1. The third kappa shape index (κ3) is 3.93. The second-order valence-corrected chi connectivity index (χ2v) is 7.92. The van der Waals surface area contributed by atoms with E-state index in [0.717, 1.165) is 10.4 Å². The molecular weight excluding hydrogens is 360 g/mol. The SMILES string of the molecule is O=[N+]([O-])c1ccc(S(=O)(=O)N[C@H](c2ccccc2)c2cccs2)cc1. The summed E-state index contributed by atoms with van der Waals surface area (Å²) >= 11 is 1.45. The number of nitro groups is 1. The van der Waals surface area contributed by atoms with Crippen molar-refractivity contribution in [1.82, 2.24) is 4.72 Å². The van der Waals surface area contributed by atoms with Crippen molar-refractivity contribution in [3.8, 4) is 0 Å². The highest BCUT2D eigenvalue weighted by Gasteiger charge is 2.24. The lowest BCUT2D eigenvalue weighted by atomic mass is 10.1. The van der Waals surface area contributed by atoms with Crippen LogP contribution in [0.2, 0.25) is 0 Å². The van der Waals surface area contributed by atoms with Crippen molar-refractivity contribution in [2.75, 3.05) is 0 Å². The molecule has 1 atom stereocenters.